The highest BCUT2D eigenvalue weighted by Gasteiger charge is 2.57. The Balaban J connectivity index is 1.33. The standard InChI is InChI=1S/C38H31FN2O3S/c39-33-24-14-13-23-31(33)37-26-43-35(32(37)25-45-36(41-37)40-34(42)27-15-5-1-6-16-27)44-38(28-17-7-2-8-18-28,29-19-9-3-10-20-29)30-21-11-4-12-22-30/h1-24,32,35H,25-26H2,(H,40,41,42)/t32-,35+,37-/m1/s1. The van der Waals surface area contributed by atoms with E-state index in [0.717, 1.165) is 16.7 Å². The summed E-state index contributed by atoms with van der Waals surface area (Å²) in [4.78, 5) is 18.2. The molecule has 224 valence electrons. The lowest BCUT2D eigenvalue weighted by atomic mass is 9.78. The van der Waals surface area contributed by atoms with E-state index in [4.69, 9.17) is 14.5 Å². The number of benzene rings is 5. The first-order chi connectivity index (χ1) is 22.1. The van der Waals surface area contributed by atoms with E-state index >= 15 is 4.39 Å². The van der Waals surface area contributed by atoms with Crippen LogP contribution in [-0.2, 0) is 20.6 Å². The third-order valence-corrected chi connectivity index (χ3v) is 9.53. The van der Waals surface area contributed by atoms with Crippen LogP contribution < -0.4 is 5.32 Å². The number of fused-ring (bicyclic) bond motifs is 1. The number of carbonyl (C=O) groups excluding carboxylic acids is 1. The molecule has 0 aromatic heterocycles. The highest BCUT2D eigenvalue weighted by Crippen LogP contribution is 2.52. The van der Waals surface area contributed by atoms with Gasteiger partial charge in [-0.15, -0.1) is 0 Å². The van der Waals surface area contributed by atoms with Crippen LogP contribution in [0.1, 0.15) is 32.6 Å². The second-order valence-electron chi connectivity index (χ2n) is 11.1. The van der Waals surface area contributed by atoms with Crippen molar-refractivity contribution in [2.75, 3.05) is 12.4 Å². The first-order valence-electron chi connectivity index (χ1n) is 14.9. The largest absolute Gasteiger partial charge is 0.349 e. The van der Waals surface area contributed by atoms with Gasteiger partial charge in [-0.05, 0) is 34.9 Å². The summed E-state index contributed by atoms with van der Waals surface area (Å²) < 4.78 is 29.5. The van der Waals surface area contributed by atoms with E-state index in [1.165, 1.54) is 17.8 Å². The molecule has 1 amide bonds. The Morgan fingerprint density at radius 2 is 1.29 bits per heavy atom. The van der Waals surface area contributed by atoms with Gasteiger partial charge in [0.05, 0.1) is 12.5 Å². The first-order valence-corrected chi connectivity index (χ1v) is 15.9. The minimum atomic E-state index is -1.11. The summed E-state index contributed by atoms with van der Waals surface area (Å²) in [6.45, 7) is 0.0863. The Bertz CT molecular complexity index is 1710. The first kappa shape index (κ1) is 29.2. The number of hydrogen-bond acceptors (Lipinski definition) is 5. The fourth-order valence-corrected chi connectivity index (χ4v) is 7.52. The normalized spacial score (nSPS) is 21.0. The molecule has 0 bridgehead atoms. The minimum absolute atomic E-state index is 0.0863. The topological polar surface area (TPSA) is 59.9 Å². The van der Waals surface area contributed by atoms with Crippen molar-refractivity contribution in [2.24, 2.45) is 10.9 Å². The van der Waals surface area contributed by atoms with Crippen LogP contribution in [0.5, 0.6) is 0 Å². The molecule has 5 nitrogen and oxygen atoms in total. The average molecular weight is 615 g/mol. The number of hydrogen-bond donors (Lipinski definition) is 1. The smallest absolute Gasteiger partial charge is 0.257 e. The maximum Gasteiger partial charge on any atom is 0.257 e. The summed E-state index contributed by atoms with van der Waals surface area (Å²) >= 11 is 1.41. The van der Waals surface area contributed by atoms with Crippen molar-refractivity contribution in [3.8, 4) is 0 Å². The zero-order valence-corrected chi connectivity index (χ0v) is 25.2. The summed E-state index contributed by atoms with van der Waals surface area (Å²) in [5, 5.41) is 3.38. The number of carbonyl (C=O) groups is 1. The van der Waals surface area contributed by atoms with Crippen molar-refractivity contribution in [2.45, 2.75) is 17.4 Å². The maximum atomic E-state index is 15.7. The number of halogens is 1. The fraction of sp³-hybridized carbons (Fsp3) is 0.158. The van der Waals surface area contributed by atoms with Gasteiger partial charge in [0.2, 0.25) is 0 Å². The molecule has 0 unspecified atom stereocenters. The van der Waals surface area contributed by atoms with E-state index in [1.807, 2.05) is 72.8 Å². The molecular formula is C38H31FN2O3S. The van der Waals surface area contributed by atoms with Crippen molar-refractivity contribution >= 4 is 22.8 Å². The predicted molar refractivity (Wildman–Crippen MR) is 175 cm³/mol. The zero-order chi connectivity index (χ0) is 30.7. The SMILES string of the molecule is O=C(NC1=N[C@@]2(c3ccccc3F)CO[C@@H](OC(c3ccccc3)(c3ccccc3)c3ccccc3)[C@H]2CS1)c1ccccc1. The molecule has 0 radical (unpaired) electrons. The van der Waals surface area contributed by atoms with Crippen LogP contribution in [0.25, 0.3) is 0 Å². The summed E-state index contributed by atoms with van der Waals surface area (Å²) in [6, 6.07) is 46.0. The Labute approximate surface area is 266 Å². The van der Waals surface area contributed by atoms with Crippen molar-refractivity contribution < 1.29 is 18.7 Å². The van der Waals surface area contributed by atoms with Gasteiger partial charge in [0, 0.05) is 16.9 Å². The maximum absolute atomic E-state index is 15.7. The van der Waals surface area contributed by atoms with Gasteiger partial charge in [-0.3, -0.25) is 4.79 Å². The van der Waals surface area contributed by atoms with E-state index < -0.39 is 17.4 Å². The molecule has 1 N–H and O–H groups in total. The van der Waals surface area contributed by atoms with Crippen LogP contribution in [0.15, 0.2) is 151 Å². The number of aliphatic imine (C=N–C) groups is 1. The summed E-state index contributed by atoms with van der Waals surface area (Å²) in [5.41, 5.74) is 1.61. The molecule has 1 saturated heterocycles. The molecule has 5 aromatic carbocycles. The molecule has 2 aliphatic rings. The Hall–Kier alpha value is -4.56. The lowest BCUT2D eigenvalue weighted by Crippen LogP contribution is -2.46. The Morgan fingerprint density at radius 1 is 0.778 bits per heavy atom. The van der Waals surface area contributed by atoms with E-state index in [2.05, 4.69) is 41.7 Å². The van der Waals surface area contributed by atoms with Crippen LogP contribution in [0, 0.1) is 11.7 Å². The number of rotatable bonds is 7. The van der Waals surface area contributed by atoms with E-state index in [-0.39, 0.29) is 24.2 Å². The third-order valence-electron chi connectivity index (χ3n) is 8.54. The van der Waals surface area contributed by atoms with Gasteiger partial charge in [-0.1, -0.05) is 139 Å². The molecule has 1 fully saturated rings. The van der Waals surface area contributed by atoms with Gasteiger partial charge in [-0.2, -0.15) is 0 Å². The molecule has 0 spiro atoms. The van der Waals surface area contributed by atoms with E-state index in [0.29, 0.717) is 22.0 Å². The highest BCUT2D eigenvalue weighted by molar-refractivity contribution is 8.13. The molecule has 2 aliphatic heterocycles. The Morgan fingerprint density at radius 3 is 1.84 bits per heavy atom. The monoisotopic (exact) mass is 614 g/mol. The van der Waals surface area contributed by atoms with Crippen LogP contribution >= 0.6 is 11.8 Å². The molecule has 7 heteroatoms. The molecule has 0 aliphatic carbocycles. The van der Waals surface area contributed by atoms with Crippen molar-refractivity contribution in [1.29, 1.82) is 0 Å². The second kappa shape index (κ2) is 12.4. The quantitative estimate of drug-likeness (QED) is 0.193. The number of nitrogens with one attached hydrogen (secondary N) is 1. The van der Waals surface area contributed by atoms with Gasteiger partial charge in [0.1, 0.15) is 17.0 Å². The zero-order valence-electron chi connectivity index (χ0n) is 24.4. The third kappa shape index (κ3) is 5.37. The van der Waals surface area contributed by atoms with Crippen molar-refractivity contribution in [3.63, 3.8) is 0 Å². The lowest BCUT2D eigenvalue weighted by Gasteiger charge is -2.41. The average Bonchev–Trinajstić information content (AvgIpc) is 3.47. The molecule has 7 rings (SSSR count). The van der Waals surface area contributed by atoms with E-state index in [9.17, 15) is 4.79 Å². The molecule has 45 heavy (non-hydrogen) atoms. The van der Waals surface area contributed by atoms with Crippen LogP contribution in [0.4, 0.5) is 4.39 Å². The van der Waals surface area contributed by atoms with Crippen LogP contribution in [0.3, 0.4) is 0 Å². The summed E-state index contributed by atoms with van der Waals surface area (Å²) in [6.07, 6.45) is -0.757. The summed E-state index contributed by atoms with van der Waals surface area (Å²) in [5.74, 6) is -0.530. The predicted octanol–water partition coefficient (Wildman–Crippen LogP) is 7.54. The minimum Gasteiger partial charge on any atom is -0.349 e. The molecule has 2 heterocycles. The second-order valence-corrected chi connectivity index (χ2v) is 12.1. The van der Waals surface area contributed by atoms with Crippen molar-refractivity contribution in [3.05, 3.63) is 179 Å². The molecule has 0 saturated carbocycles. The number of ether oxygens (including phenoxy) is 2. The number of amides is 1. The van der Waals surface area contributed by atoms with Crippen LogP contribution in [0.2, 0.25) is 0 Å². The van der Waals surface area contributed by atoms with Gasteiger partial charge in [0.15, 0.2) is 11.5 Å². The fourth-order valence-electron chi connectivity index (χ4n) is 6.36. The lowest BCUT2D eigenvalue weighted by molar-refractivity contribution is -0.180. The molecular weight excluding hydrogens is 583 g/mol. The number of amidine groups is 1. The van der Waals surface area contributed by atoms with Gasteiger partial charge in [-0.25, -0.2) is 9.38 Å². The summed E-state index contributed by atoms with van der Waals surface area (Å²) in [7, 11) is 0. The van der Waals surface area contributed by atoms with E-state index in [1.54, 1.807) is 30.3 Å². The van der Waals surface area contributed by atoms with Gasteiger partial charge < -0.3 is 14.8 Å². The van der Waals surface area contributed by atoms with Crippen molar-refractivity contribution in [1.82, 2.24) is 5.32 Å². The van der Waals surface area contributed by atoms with Gasteiger partial charge in [0.25, 0.3) is 5.91 Å². The Kier molecular flexibility index (Phi) is 8.06. The van der Waals surface area contributed by atoms with Gasteiger partial charge >= 0.3 is 0 Å². The molecule has 5 aromatic rings. The number of nitrogens with zero attached hydrogens (tertiary/aromatic N) is 1. The number of thioether (sulfide) groups is 1. The molecule has 3 atom stereocenters. The highest BCUT2D eigenvalue weighted by atomic mass is 32.2. The van der Waals surface area contributed by atoms with Crippen LogP contribution in [-0.4, -0.2) is 29.7 Å².